The van der Waals surface area contributed by atoms with Crippen molar-refractivity contribution in [3.8, 4) is 0 Å². The molecule has 1 atom stereocenters. The van der Waals surface area contributed by atoms with Crippen LogP contribution in [0.1, 0.15) is 52.1 Å². The minimum atomic E-state index is -0.849. The number of aliphatic hydroxyl groups is 1. The summed E-state index contributed by atoms with van der Waals surface area (Å²) in [4.78, 5) is 15.0. The number of carbonyl (C=O) groups is 1. The maximum atomic E-state index is 12.7. The fourth-order valence-electron chi connectivity index (χ4n) is 3.34. The highest BCUT2D eigenvalue weighted by molar-refractivity contribution is 5.97. The Morgan fingerprint density at radius 3 is 2.95 bits per heavy atom. The first-order chi connectivity index (χ1) is 10.3. The highest BCUT2D eigenvalue weighted by Crippen LogP contribution is 2.40. The molecule has 1 amide bonds. The molecule has 22 heavy (non-hydrogen) atoms. The Bertz CT molecular complexity index is 559. The summed E-state index contributed by atoms with van der Waals surface area (Å²) >= 11 is 0. The van der Waals surface area contributed by atoms with Crippen LogP contribution < -0.4 is 5.32 Å². The molecule has 0 aromatic carbocycles. The van der Waals surface area contributed by atoms with Crippen molar-refractivity contribution in [3.05, 3.63) is 11.8 Å². The van der Waals surface area contributed by atoms with Gasteiger partial charge in [-0.15, -0.1) is 0 Å². The van der Waals surface area contributed by atoms with Gasteiger partial charge < -0.3 is 9.63 Å². The quantitative estimate of drug-likeness (QED) is 0.869. The van der Waals surface area contributed by atoms with Gasteiger partial charge in [0.1, 0.15) is 0 Å². The second-order valence-electron chi connectivity index (χ2n) is 7.43. The van der Waals surface area contributed by atoms with Crippen LogP contribution in [0.15, 0.2) is 10.6 Å². The van der Waals surface area contributed by atoms with Gasteiger partial charge in [0.05, 0.1) is 16.8 Å². The van der Waals surface area contributed by atoms with Gasteiger partial charge in [0.2, 0.25) is 11.8 Å². The monoisotopic (exact) mass is 307 g/mol. The minimum absolute atomic E-state index is 0.0251. The molecular formula is C16H25N3O3. The van der Waals surface area contributed by atoms with Crippen LogP contribution in [-0.4, -0.2) is 44.8 Å². The van der Waals surface area contributed by atoms with E-state index in [9.17, 15) is 9.90 Å². The molecule has 122 valence electrons. The van der Waals surface area contributed by atoms with E-state index < -0.39 is 11.1 Å². The Labute approximate surface area is 130 Å². The zero-order valence-electron chi connectivity index (χ0n) is 13.6. The van der Waals surface area contributed by atoms with E-state index in [1.54, 1.807) is 19.9 Å². The Balaban J connectivity index is 1.66. The molecule has 0 spiro atoms. The Morgan fingerprint density at radius 1 is 1.59 bits per heavy atom. The van der Waals surface area contributed by atoms with Crippen molar-refractivity contribution < 1.29 is 14.4 Å². The van der Waals surface area contributed by atoms with Gasteiger partial charge in [-0.25, -0.2) is 0 Å². The Morgan fingerprint density at radius 2 is 2.32 bits per heavy atom. The van der Waals surface area contributed by atoms with Gasteiger partial charge in [0.15, 0.2) is 0 Å². The fraction of sp³-hybridized carbons (Fsp3) is 0.750. The number of anilines is 1. The molecular weight excluding hydrogens is 282 g/mol. The van der Waals surface area contributed by atoms with Crippen LogP contribution in [-0.2, 0) is 11.2 Å². The lowest BCUT2D eigenvalue weighted by Crippen LogP contribution is -2.51. The molecule has 2 heterocycles. The van der Waals surface area contributed by atoms with Crippen LogP contribution in [0.25, 0.3) is 0 Å². The zero-order chi connectivity index (χ0) is 16.0. The first-order valence-electron chi connectivity index (χ1n) is 8.04. The summed E-state index contributed by atoms with van der Waals surface area (Å²) in [5.41, 5.74) is -0.665. The molecule has 6 heteroatoms. The van der Waals surface area contributed by atoms with E-state index >= 15 is 0 Å². The van der Waals surface area contributed by atoms with Crippen LogP contribution in [0.5, 0.6) is 0 Å². The van der Waals surface area contributed by atoms with E-state index in [1.807, 2.05) is 6.92 Å². The molecule has 2 N–H and O–H groups in total. The smallest absolute Gasteiger partial charge is 0.247 e. The first-order valence-corrected chi connectivity index (χ1v) is 8.04. The Hall–Kier alpha value is -1.40. The second kappa shape index (κ2) is 5.35. The lowest BCUT2D eigenvalue weighted by atomic mass is 9.97. The summed E-state index contributed by atoms with van der Waals surface area (Å²) < 4.78 is 5.19. The van der Waals surface area contributed by atoms with Gasteiger partial charge in [-0.3, -0.25) is 15.0 Å². The van der Waals surface area contributed by atoms with Gasteiger partial charge in [-0.05, 0) is 53.0 Å². The van der Waals surface area contributed by atoms with Crippen molar-refractivity contribution in [1.82, 2.24) is 10.1 Å². The summed E-state index contributed by atoms with van der Waals surface area (Å²) in [6.45, 7) is 6.44. The molecule has 0 bridgehead atoms. The maximum Gasteiger partial charge on any atom is 0.247 e. The van der Waals surface area contributed by atoms with Gasteiger partial charge in [0.25, 0.3) is 0 Å². The number of carbonyl (C=O) groups excluding carboxylic acids is 1. The summed E-state index contributed by atoms with van der Waals surface area (Å²) in [5.74, 6) is 0.330. The third kappa shape index (κ3) is 3.17. The summed E-state index contributed by atoms with van der Waals surface area (Å²) in [7, 11) is 0. The summed E-state index contributed by atoms with van der Waals surface area (Å²) in [6, 6.07) is 2.26. The number of likely N-dealkylation sites (tertiary alicyclic amines) is 1. The molecule has 1 aromatic rings. The van der Waals surface area contributed by atoms with E-state index in [-0.39, 0.29) is 5.91 Å². The molecule has 1 saturated heterocycles. The summed E-state index contributed by atoms with van der Waals surface area (Å²) in [6.07, 6.45) is 4.71. The average molecular weight is 307 g/mol. The normalized spacial score (nSPS) is 26.4. The molecule has 1 saturated carbocycles. The third-order valence-electron chi connectivity index (χ3n) is 4.58. The molecule has 0 radical (unpaired) electrons. The largest absolute Gasteiger partial charge is 0.390 e. The predicted octanol–water partition coefficient (Wildman–Crippen LogP) is 1.94. The van der Waals surface area contributed by atoms with Crippen molar-refractivity contribution >= 4 is 11.8 Å². The van der Waals surface area contributed by atoms with Crippen LogP contribution in [0.2, 0.25) is 0 Å². The van der Waals surface area contributed by atoms with Crippen LogP contribution in [0.3, 0.4) is 0 Å². The number of hydrogen-bond donors (Lipinski definition) is 2. The van der Waals surface area contributed by atoms with Crippen LogP contribution >= 0.6 is 0 Å². The SMILES string of the molecule is CC(C)(O)Cc1cc(NC(=O)C2(C)CCCN2C2CC2)on1. The number of amides is 1. The molecule has 1 aromatic heterocycles. The van der Waals surface area contributed by atoms with E-state index in [1.165, 1.54) is 12.8 Å². The van der Waals surface area contributed by atoms with Crippen molar-refractivity contribution in [3.63, 3.8) is 0 Å². The van der Waals surface area contributed by atoms with E-state index in [4.69, 9.17) is 4.52 Å². The lowest BCUT2D eigenvalue weighted by molar-refractivity contribution is -0.126. The molecule has 6 nitrogen and oxygen atoms in total. The van der Waals surface area contributed by atoms with E-state index in [0.717, 1.165) is 19.4 Å². The number of hydrogen-bond acceptors (Lipinski definition) is 5. The molecule has 1 aliphatic heterocycles. The maximum absolute atomic E-state index is 12.7. The van der Waals surface area contributed by atoms with Gasteiger partial charge in [-0.1, -0.05) is 5.16 Å². The van der Waals surface area contributed by atoms with Crippen molar-refractivity contribution in [2.75, 3.05) is 11.9 Å². The molecule has 2 aliphatic rings. The highest BCUT2D eigenvalue weighted by Gasteiger charge is 2.49. The number of nitrogens with zero attached hydrogens (tertiary/aromatic N) is 2. The molecule has 2 fully saturated rings. The van der Waals surface area contributed by atoms with Gasteiger partial charge >= 0.3 is 0 Å². The van der Waals surface area contributed by atoms with E-state index in [0.29, 0.717) is 24.0 Å². The van der Waals surface area contributed by atoms with E-state index in [2.05, 4.69) is 15.4 Å². The number of nitrogens with one attached hydrogen (secondary N) is 1. The topological polar surface area (TPSA) is 78.6 Å². The standard InChI is InChI=1S/C16H25N3O3/c1-15(2,21)10-11-9-13(22-18-11)17-14(20)16(3)7-4-8-19(16)12-5-6-12/h9,12,21H,4-8,10H2,1-3H3,(H,17,20). The number of rotatable bonds is 5. The Kier molecular flexibility index (Phi) is 3.77. The van der Waals surface area contributed by atoms with Gasteiger partial charge in [-0.2, -0.15) is 0 Å². The van der Waals surface area contributed by atoms with Crippen molar-refractivity contribution in [2.24, 2.45) is 0 Å². The molecule has 3 rings (SSSR count). The summed E-state index contributed by atoms with van der Waals surface area (Å²) in [5, 5.41) is 16.6. The van der Waals surface area contributed by atoms with Crippen LogP contribution in [0, 0.1) is 0 Å². The first kappa shape index (κ1) is 15.5. The highest BCUT2D eigenvalue weighted by atomic mass is 16.5. The van der Waals surface area contributed by atoms with Crippen molar-refractivity contribution in [2.45, 2.75) is 70.1 Å². The van der Waals surface area contributed by atoms with Crippen molar-refractivity contribution in [1.29, 1.82) is 0 Å². The lowest BCUT2D eigenvalue weighted by Gasteiger charge is -2.33. The zero-order valence-corrected chi connectivity index (χ0v) is 13.6. The fourth-order valence-corrected chi connectivity index (χ4v) is 3.34. The molecule has 1 aliphatic carbocycles. The average Bonchev–Trinajstić information content (AvgIpc) is 3.03. The number of aromatic nitrogens is 1. The predicted molar refractivity (Wildman–Crippen MR) is 82.5 cm³/mol. The van der Waals surface area contributed by atoms with Crippen LogP contribution in [0.4, 0.5) is 5.88 Å². The second-order valence-corrected chi connectivity index (χ2v) is 7.43. The molecule has 1 unspecified atom stereocenters. The minimum Gasteiger partial charge on any atom is -0.390 e. The van der Waals surface area contributed by atoms with Gasteiger partial charge in [0, 0.05) is 18.5 Å². The third-order valence-corrected chi connectivity index (χ3v) is 4.58.